The van der Waals surface area contributed by atoms with Crippen molar-refractivity contribution in [3.05, 3.63) is 58.8 Å². The number of benzene rings is 2. The van der Waals surface area contributed by atoms with E-state index in [1.54, 1.807) is 30.3 Å². The Bertz CT molecular complexity index is 1040. The van der Waals surface area contributed by atoms with Crippen LogP contribution in [0.2, 0.25) is 0 Å². The highest BCUT2D eigenvalue weighted by molar-refractivity contribution is 8.18. The van der Waals surface area contributed by atoms with Gasteiger partial charge in [0.15, 0.2) is 11.5 Å². The predicted octanol–water partition coefficient (Wildman–Crippen LogP) is 4.30. The number of anilines is 1. The molecule has 0 unspecified atom stereocenters. The van der Waals surface area contributed by atoms with Gasteiger partial charge in [0.05, 0.1) is 23.8 Å². The molecule has 31 heavy (non-hydrogen) atoms. The number of halogens is 1. The summed E-state index contributed by atoms with van der Waals surface area (Å²) in [5, 5.41) is 1.79. The van der Waals surface area contributed by atoms with E-state index < -0.39 is 29.4 Å². The second kappa shape index (κ2) is 10.1. The van der Waals surface area contributed by atoms with E-state index in [1.165, 1.54) is 18.2 Å². The average Bonchev–Trinajstić information content (AvgIpc) is 2.99. The van der Waals surface area contributed by atoms with Crippen LogP contribution in [0.5, 0.6) is 11.5 Å². The number of hydrogen-bond acceptors (Lipinski definition) is 6. The van der Waals surface area contributed by atoms with Crippen molar-refractivity contribution in [3.8, 4) is 11.5 Å². The molecule has 1 heterocycles. The van der Waals surface area contributed by atoms with Gasteiger partial charge in [0.25, 0.3) is 11.1 Å². The number of nitrogens with one attached hydrogen (secondary N) is 1. The Balaban J connectivity index is 1.73. The van der Waals surface area contributed by atoms with Crippen LogP contribution in [0.4, 0.5) is 14.9 Å². The van der Waals surface area contributed by atoms with Crippen LogP contribution in [-0.4, -0.2) is 41.7 Å². The van der Waals surface area contributed by atoms with Gasteiger partial charge in [-0.05, 0) is 61.5 Å². The topological polar surface area (TPSA) is 84.9 Å². The SMILES string of the molecule is CCOc1ccc(C=C2SC(=O)N(CC(=O)Nc3ccccc3F)C2=O)cc1OCC. The molecule has 7 nitrogen and oxygen atoms in total. The summed E-state index contributed by atoms with van der Waals surface area (Å²) < 4.78 is 24.8. The van der Waals surface area contributed by atoms with Crippen molar-refractivity contribution in [2.75, 3.05) is 25.1 Å². The monoisotopic (exact) mass is 444 g/mol. The van der Waals surface area contributed by atoms with Crippen molar-refractivity contribution in [1.82, 2.24) is 4.90 Å². The summed E-state index contributed by atoms with van der Waals surface area (Å²) in [7, 11) is 0. The molecule has 0 saturated carbocycles. The number of para-hydroxylation sites is 1. The number of nitrogens with zero attached hydrogens (tertiary/aromatic N) is 1. The molecule has 162 valence electrons. The van der Waals surface area contributed by atoms with Gasteiger partial charge in [-0.15, -0.1) is 0 Å². The number of thioether (sulfide) groups is 1. The Morgan fingerprint density at radius 2 is 1.81 bits per heavy atom. The quantitative estimate of drug-likeness (QED) is 0.611. The van der Waals surface area contributed by atoms with Crippen LogP contribution in [0.1, 0.15) is 19.4 Å². The van der Waals surface area contributed by atoms with Gasteiger partial charge in [0.1, 0.15) is 12.4 Å². The van der Waals surface area contributed by atoms with E-state index in [-0.39, 0.29) is 10.6 Å². The minimum absolute atomic E-state index is 0.0205. The number of imide groups is 1. The van der Waals surface area contributed by atoms with E-state index in [0.29, 0.717) is 30.3 Å². The van der Waals surface area contributed by atoms with Gasteiger partial charge in [-0.2, -0.15) is 0 Å². The van der Waals surface area contributed by atoms with Crippen molar-refractivity contribution in [2.45, 2.75) is 13.8 Å². The smallest absolute Gasteiger partial charge is 0.294 e. The van der Waals surface area contributed by atoms with Gasteiger partial charge in [0.2, 0.25) is 5.91 Å². The molecule has 0 atom stereocenters. The van der Waals surface area contributed by atoms with Gasteiger partial charge >= 0.3 is 0 Å². The molecule has 3 amide bonds. The summed E-state index contributed by atoms with van der Waals surface area (Å²) in [6, 6.07) is 10.8. The number of carbonyl (C=O) groups excluding carboxylic acids is 3. The van der Waals surface area contributed by atoms with Crippen LogP contribution >= 0.6 is 11.8 Å². The normalized spacial score (nSPS) is 14.8. The van der Waals surface area contributed by atoms with E-state index in [9.17, 15) is 18.8 Å². The molecule has 0 spiro atoms. The Hall–Kier alpha value is -3.33. The molecule has 1 saturated heterocycles. The summed E-state index contributed by atoms with van der Waals surface area (Å²) in [5.41, 5.74) is 0.626. The van der Waals surface area contributed by atoms with Crippen molar-refractivity contribution in [1.29, 1.82) is 0 Å². The van der Waals surface area contributed by atoms with E-state index in [0.717, 1.165) is 16.7 Å². The second-order valence-electron chi connectivity index (χ2n) is 6.37. The number of rotatable bonds is 8. The molecular weight excluding hydrogens is 423 g/mol. The molecule has 1 aliphatic heterocycles. The van der Waals surface area contributed by atoms with Gasteiger partial charge in [0, 0.05) is 0 Å². The fourth-order valence-electron chi connectivity index (χ4n) is 2.84. The number of amides is 3. The molecular formula is C22H21FN2O5S. The van der Waals surface area contributed by atoms with Gasteiger partial charge < -0.3 is 14.8 Å². The molecule has 0 radical (unpaired) electrons. The highest BCUT2D eigenvalue weighted by atomic mass is 32.2. The first kappa shape index (κ1) is 22.4. The largest absolute Gasteiger partial charge is 0.490 e. The maximum atomic E-state index is 13.7. The van der Waals surface area contributed by atoms with Gasteiger partial charge in [-0.3, -0.25) is 19.3 Å². The third kappa shape index (κ3) is 5.43. The molecule has 1 aliphatic rings. The molecule has 0 aromatic heterocycles. The zero-order valence-electron chi connectivity index (χ0n) is 17.0. The van der Waals surface area contributed by atoms with Crippen LogP contribution in [-0.2, 0) is 9.59 Å². The first-order valence-corrected chi connectivity index (χ1v) is 10.4. The summed E-state index contributed by atoms with van der Waals surface area (Å²) in [4.78, 5) is 38.1. The predicted molar refractivity (Wildman–Crippen MR) is 116 cm³/mol. The highest BCUT2D eigenvalue weighted by Crippen LogP contribution is 2.34. The van der Waals surface area contributed by atoms with Crippen LogP contribution in [0, 0.1) is 5.82 Å². The lowest BCUT2D eigenvalue weighted by Crippen LogP contribution is -2.36. The summed E-state index contributed by atoms with van der Waals surface area (Å²) >= 11 is 0.734. The van der Waals surface area contributed by atoms with Gasteiger partial charge in [-0.25, -0.2) is 4.39 Å². The Morgan fingerprint density at radius 1 is 1.10 bits per heavy atom. The summed E-state index contributed by atoms with van der Waals surface area (Å²) in [5.74, 6) is -0.759. The first-order valence-electron chi connectivity index (χ1n) is 9.62. The maximum Gasteiger partial charge on any atom is 0.294 e. The fraction of sp³-hybridized carbons (Fsp3) is 0.227. The van der Waals surface area contributed by atoms with Crippen molar-refractivity contribution in [3.63, 3.8) is 0 Å². The highest BCUT2D eigenvalue weighted by Gasteiger charge is 2.36. The Morgan fingerprint density at radius 3 is 2.52 bits per heavy atom. The van der Waals surface area contributed by atoms with E-state index >= 15 is 0 Å². The van der Waals surface area contributed by atoms with Crippen LogP contribution in [0.15, 0.2) is 47.4 Å². The summed E-state index contributed by atoms with van der Waals surface area (Å²) in [6.07, 6.45) is 1.55. The van der Waals surface area contributed by atoms with E-state index in [1.807, 2.05) is 13.8 Å². The molecule has 0 bridgehead atoms. The fourth-order valence-corrected chi connectivity index (χ4v) is 3.68. The molecule has 3 rings (SSSR count). The Kier molecular flexibility index (Phi) is 7.30. The average molecular weight is 444 g/mol. The van der Waals surface area contributed by atoms with Crippen molar-refractivity contribution < 1.29 is 28.2 Å². The zero-order valence-corrected chi connectivity index (χ0v) is 17.8. The Labute approximate surface area is 183 Å². The molecule has 1 fully saturated rings. The maximum absolute atomic E-state index is 13.7. The van der Waals surface area contributed by atoms with Crippen LogP contribution in [0.3, 0.4) is 0 Å². The summed E-state index contributed by atoms with van der Waals surface area (Å²) in [6.45, 7) is 4.12. The van der Waals surface area contributed by atoms with E-state index in [2.05, 4.69) is 5.32 Å². The lowest BCUT2D eigenvalue weighted by molar-refractivity contribution is -0.127. The molecule has 1 N–H and O–H groups in total. The van der Waals surface area contributed by atoms with Crippen LogP contribution in [0.25, 0.3) is 6.08 Å². The van der Waals surface area contributed by atoms with E-state index in [4.69, 9.17) is 9.47 Å². The number of carbonyl (C=O) groups is 3. The third-order valence-corrected chi connectivity index (χ3v) is 5.10. The second-order valence-corrected chi connectivity index (χ2v) is 7.36. The number of hydrogen-bond donors (Lipinski definition) is 1. The van der Waals surface area contributed by atoms with Gasteiger partial charge in [-0.1, -0.05) is 18.2 Å². The molecule has 0 aliphatic carbocycles. The van der Waals surface area contributed by atoms with Crippen LogP contribution < -0.4 is 14.8 Å². The first-order chi connectivity index (χ1) is 14.9. The third-order valence-electron chi connectivity index (χ3n) is 4.19. The van der Waals surface area contributed by atoms with Crippen molar-refractivity contribution in [2.24, 2.45) is 0 Å². The number of ether oxygens (including phenoxy) is 2. The zero-order chi connectivity index (χ0) is 22.4. The van der Waals surface area contributed by atoms with Crippen molar-refractivity contribution >= 4 is 40.6 Å². The molecule has 2 aromatic carbocycles. The molecule has 9 heteroatoms. The standard InChI is InChI=1S/C22H21FN2O5S/c1-3-29-17-10-9-14(11-18(17)30-4-2)12-19-21(27)25(22(28)31-19)13-20(26)24-16-8-6-5-7-15(16)23/h5-12H,3-4,13H2,1-2H3,(H,24,26). The molecule has 2 aromatic rings. The minimum atomic E-state index is -0.673. The lowest BCUT2D eigenvalue weighted by atomic mass is 10.2. The minimum Gasteiger partial charge on any atom is -0.490 e. The lowest BCUT2D eigenvalue weighted by Gasteiger charge is -2.13.